The monoisotopic (exact) mass is 395 g/mol. The molecule has 0 saturated heterocycles. The van der Waals surface area contributed by atoms with Crippen LogP contribution in [0.15, 0.2) is 40.2 Å². The minimum Gasteiger partial charge on any atom is -0.497 e. The number of benzene rings is 1. The van der Waals surface area contributed by atoms with Crippen molar-refractivity contribution in [2.45, 2.75) is 26.2 Å². The Kier molecular flexibility index (Phi) is 4.18. The van der Waals surface area contributed by atoms with Crippen LogP contribution < -0.4 is 4.74 Å². The molecule has 0 spiro atoms. The van der Waals surface area contributed by atoms with Gasteiger partial charge in [0.25, 0.3) is 5.89 Å². The third kappa shape index (κ3) is 2.88. The van der Waals surface area contributed by atoms with E-state index in [2.05, 4.69) is 20.5 Å². The Hall–Kier alpha value is -3.04. The molecule has 28 heavy (non-hydrogen) atoms. The molecule has 3 aromatic heterocycles. The molecule has 5 rings (SSSR count). The van der Waals surface area contributed by atoms with Crippen LogP contribution in [0.25, 0.3) is 22.3 Å². The van der Waals surface area contributed by atoms with Gasteiger partial charge in [0.1, 0.15) is 11.9 Å². The fourth-order valence-corrected chi connectivity index (χ4v) is 4.06. The SMILES string of the molecule is COc1ccc([C@@H]2Cn3nnc(-c4noc(-c5sccc5C)n4)c3CO2)cc1. The molecule has 1 aliphatic heterocycles. The van der Waals surface area contributed by atoms with Gasteiger partial charge in [-0.05, 0) is 41.6 Å². The molecule has 0 aliphatic carbocycles. The van der Waals surface area contributed by atoms with Crippen LogP contribution in [0.4, 0.5) is 0 Å². The molecule has 0 radical (unpaired) electrons. The summed E-state index contributed by atoms with van der Waals surface area (Å²) >= 11 is 1.57. The summed E-state index contributed by atoms with van der Waals surface area (Å²) in [7, 11) is 1.65. The van der Waals surface area contributed by atoms with Crippen molar-refractivity contribution < 1.29 is 14.0 Å². The van der Waals surface area contributed by atoms with Crippen LogP contribution in [-0.4, -0.2) is 32.2 Å². The molecular formula is C19H17N5O3S. The van der Waals surface area contributed by atoms with Crippen molar-refractivity contribution in [3.63, 3.8) is 0 Å². The highest BCUT2D eigenvalue weighted by Gasteiger charge is 2.28. The number of hydrogen-bond donors (Lipinski definition) is 0. The van der Waals surface area contributed by atoms with Gasteiger partial charge in [-0.2, -0.15) is 4.98 Å². The van der Waals surface area contributed by atoms with E-state index in [1.165, 1.54) is 0 Å². The summed E-state index contributed by atoms with van der Waals surface area (Å²) in [6.07, 6.45) is -0.0949. The molecule has 0 amide bonds. The Morgan fingerprint density at radius 3 is 2.82 bits per heavy atom. The largest absolute Gasteiger partial charge is 0.497 e. The fraction of sp³-hybridized carbons (Fsp3) is 0.263. The number of fused-ring (bicyclic) bond motifs is 1. The molecule has 142 valence electrons. The lowest BCUT2D eigenvalue weighted by Crippen LogP contribution is -2.22. The average Bonchev–Trinajstić information content (AvgIpc) is 3.46. The smallest absolute Gasteiger partial charge is 0.268 e. The molecule has 1 aromatic carbocycles. The first-order chi connectivity index (χ1) is 13.7. The van der Waals surface area contributed by atoms with Crippen LogP contribution >= 0.6 is 11.3 Å². The van der Waals surface area contributed by atoms with Crippen molar-refractivity contribution in [2.75, 3.05) is 7.11 Å². The van der Waals surface area contributed by atoms with Crippen molar-refractivity contribution in [3.05, 3.63) is 52.5 Å². The molecule has 0 saturated carbocycles. The van der Waals surface area contributed by atoms with E-state index in [1.807, 2.05) is 47.3 Å². The van der Waals surface area contributed by atoms with Gasteiger partial charge in [0, 0.05) is 0 Å². The van der Waals surface area contributed by atoms with E-state index in [0.717, 1.165) is 27.4 Å². The van der Waals surface area contributed by atoms with Gasteiger partial charge in [-0.3, -0.25) is 0 Å². The van der Waals surface area contributed by atoms with Crippen molar-refractivity contribution in [2.24, 2.45) is 0 Å². The number of aromatic nitrogens is 5. The Morgan fingerprint density at radius 1 is 1.21 bits per heavy atom. The zero-order valence-electron chi connectivity index (χ0n) is 15.3. The number of aryl methyl sites for hydroxylation is 1. The second-order valence-electron chi connectivity index (χ2n) is 6.50. The molecule has 4 heterocycles. The molecular weight excluding hydrogens is 378 g/mol. The van der Waals surface area contributed by atoms with Crippen LogP contribution in [-0.2, 0) is 17.9 Å². The van der Waals surface area contributed by atoms with Crippen molar-refractivity contribution >= 4 is 11.3 Å². The molecule has 0 fully saturated rings. The Bertz CT molecular complexity index is 1120. The van der Waals surface area contributed by atoms with Gasteiger partial charge in [0.15, 0.2) is 5.69 Å². The van der Waals surface area contributed by atoms with Crippen LogP contribution in [0.1, 0.15) is 22.9 Å². The van der Waals surface area contributed by atoms with Crippen molar-refractivity contribution in [1.82, 2.24) is 25.1 Å². The first-order valence-corrected chi connectivity index (χ1v) is 9.67. The Morgan fingerprint density at radius 2 is 2.07 bits per heavy atom. The van der Waals surface area contributed by atoms with Gasteiger partial charge in [0.05, 0.1) is 30.8 Å². The lowest BCUT2D eigenvalue weighted by Gasteiger charge is -2.24. The minimum absolute atomic E-state index is 0.0949. The fourth-order valence-electron chi connectivity index (χ4n) is 3.21. The highest BCUT2D eigenvalue weighted by molar-refractivity contribution is 7.13. The maximum absolute atomic E-state index is 6.06. The third-order valence-corrected chi connectivity index (χ3v) is 5.78. The molecule has 0 bridgehead atoms. The second-order valence-corrected chi connectivity index (χ2v) is 7.41. The van der Waals surface area contributed by atoms with Crippen LogP contribution in [0, 0.1) is 6.92 Å². The lowest BCUT2D eigenvalue weighted by atomic mass is 10.1. The molecule has 1 aliphatic rings. The van der Waals surface area contributed by atoms with Gasteiger partial charge < -0.3 is 14.0 Å². The lowest BCUT2D eigenvalue weighted by molar-refractivity contribution is -0.00114. The van der Waals surface area contributed by atoms with Gasteiger partial charge in [-0.1, -0.05) is 22.5 Å². The van der Waals surface area contributed by atoms with Gasteiger partial charge in [0.2, 0.25) is 5.82 Å². The highest BCUT2D eigenvalue weighted by atomic mass is 32.1. The average molecular weight is 395 g/mol. The van der Waals surface area contributed by atoms with E-state index in [0.29, 0.717) is 30.6 Å². The predicted octanol–water partition coefficient (Wildman–Crippen LogP) is 3.65. The van der Waals surface area contributed by atoms with Crippen LogP contribution in [0.2, 0.25) is 0 Å². The summed E-state index contributed by atoms with van der Waals surface area (Å²) in [6.45, 7) is 2.97. The van der Waals surface area contributed by atoms with Crippen LogP contribution in [0.3, 0.4) is 0 Å². The molecule has 9 heteroatoms. The van der Waals surface area contributed by atoms with Crippen molar-refractivity contribution in [3.8, 4) is 28.0 Å². The first-order valence-electron chi connectivity index (χ1n) is 8.79. The summed E-state index contributed by atoms with van der Waals surface area (Å²) in [6, 6.07) is 9.88. The van der Waals surface area contributed by atoms with Gasteiger partial charge in [-0.15, -0.1) is 16.4 Å². The number of ether oxygens (including phenoxy) is 2. The number of hydrogen-bond acceptors (Lipinski definition) is 8. The first kappa shape index (κ1) is 17.1. The van der Waals surface area contributed by atoms with E-state index >= 15 is 0 Å². The number of thiophene rings is 1. The molecule has 0 N–H and O–H groups in total. The minimum atomic E-state index is -0.0949. The quantitative estimate of drug-likeness (QED) is 0.521. The Labute approximate surface area is 164 Å². The van der Waals surface area contributed by atoms with Gasteiger partial charge in [-0.25, -0.2) is 4.68 Å². The van der Waals surface area contributed by atoms with E-state index in [4.69, 9.17) is 14.0 Å². The molecule has 0 unspecified atom stereocenters. The topological polar surface area (TPSA) is 88.1 Å². The standard InChI is InChI=1S/C19H17N5O3S/c1-11-7-8-28-17(11)19-20-18(22-27-19)16-14-10-26-15(9-24(14)23-21-16)12-3-5-13(25-2)6-4-12/h3-8,15H,9-10H2,1-2H3/t15-/m0/s1. The van der Waals surface area contributed by atoms with E-state index in [9.17, 15) is 0 Å². The number of rotatable bonds is 4. The second kappa shape index (κ2) is 6.84. The summed E-state index contributed by atoms with van der Waals surface area (Å²) in [4.78, 5) is 5.48. The predicted molar refractivity (Wildman–Crippen MR) is 102 cm³/mol. The molecule has 8 nitrogen and oxygen atoms in total. The molecule has 4 aromatic rings. The number of nitrogens with zero attached hydrogens (tertiary/aromatic N) is 5. The zero-order chi connectivity index (χ0) is 19.1. The summed E-state index contributed by atoms with van der Waals surface area (Å²) in [5.41, 5.74) is 3.62. The highest BCUT2D eigenvalue weighted by Crippen LogP contribution is 2.32. The normalized spacial score (nSPS) is 16.1. The molecule has 1 atom stereocenters. The Balaban J connectivity index is 1.40. The maximum atomic E-state index is 6.06. The summed E-state index contributed by atoms with van der Waals surface area (Å²) in [5.74, 6) is 1.74. The summed E-state index contributed by atoms with van der Waals surface area (Å²) in [5, 5.41) is 14.6. The van der Waals surface area contributed by atoms with Crippen molar-refractivity contribution in [1.29, 1.82) is 0 Å². The van der Waals surface area contributed by atoms with E-state index < -0.39 is 0 Å². The van der Waals surface area contributed by atoms with Gasteiger partial charge >= 0.3 is 0 Å². The zero-order valence-corrected chi connectivity index (χ0v) is 16.1. The van der Waals surface area contributed by atoms with Crippen LogP contribution in [0.5, 0.6) is 5.75 Å². The summed E-state index contributed by atoms with van der Waals surface area (Å²) < 4.78 is 18.6. The van der Waals surface area contributed by atoms with E-state index in [1.54, 1.807) is 18.4 Å². The number of methoxy groups -OCH3 is 1. The third-order valence-electron chi connectivity index (χ3n) is 4.78. The van der Waals surface area contributed by atoms with E-state index in [-0.39, 0.29) is 6.10 Å². The maximum Gasteiger partial charge on any atom is 0.268 e.